The van der Waals surface area contributed by atoms with E-state index in [0.29, 0.717) is 30.2 Å². The summed E-state index contributed by atoms with van der Waals surface area (Å²) in [7, 11) is 0. The van der Waals surface area contributed by atoms with E-state index >= 15 is 0 Å². The molecule has 3 heterocycles. The van der Waals surface area contributed by atoms with Gasteiger partial charge in [0.15, 0.2) is 5.76 Å². The first-order chi connectivity index (χ1) is 10.0. The van der Waals surface area contributed by atoms with Gasteiger partial charge < -0.3 is 9.42 Å². The molecule has 0 bridgehead atoms. The van der Waals surface area contributed by atoms with Gasteiger partial charge in [-0.2, -0.15) is 0 Å². The number of aromatic nitrogens is 1. The van der Waals surface area contributed by atoms with Crippen molar-refractivity contribution in [1.29, 1.82) is 0 Å². The molecule has 7 heteroatoms. The summed E-state index contributed by atoms with van der Waals surface area (Å²) < 4.78 is 5.08. The molecule has 3 rings (SSSR count). The quantitative estimate of drug-likeness (QED) is 0.612. The van der Waals surface area contributed by atoms with Crippen LogP contribution in [0.1, 0.15) is 11.5 Å². The number of urea groups is 1. The van der Waals surface area contributed by atoms with Gasteiger partial charge in [0.1, 0.15) is 17.4 Å². The maximum atomic E-state index is 12.6. The lowest BCUT2D eigenvalue weighted by Gasteiger charge is -2.34. The van der Waals surface area contributed by atoms with Crippen LogP contribution in [0.4, 0.5) is 10.5 Å². The molecule has 1 atom stereocenters. The Labute approximate surface area is 122 Å². The highest BCUT2D eigenvalue weighted by molar-refractivity contribution is 6.22. The SMILES string of the molecule is C=CCN1CCN2C(=O)N(c3c(C)noc3C)C(=O)C2C1. The summed E-state index contributed by atoms with van der Waals surface area (Å²) in [4.78, 5) is 30.2. The average Bonchev–Trinajstić information content (AvgIpc) is 2.90. The second kappa shape index (κ2) is 5.00. The summed E-state index contributed by atoms with van der Waals surface area (Å²) in [6, 6.07) is -0.711. The number of piperazine rings is 1. The molecule has 1 aromatic heterocycles. The van der Waals surface area contributed by atoms with E-state index in [1.807, 2.05) is 6.08 Å². The van der Waals surface area contributed by atoms with E-state index in [4.69, 9.17) is 4.52 Å². The monoisotopic (exact) mass is 290 g/mol. The topological polar surface area (TPSA) is 69.9 Å². The van der Waals surface area contributed by atoms with Crippen molar-refractivity contribution in [2.45, 2.75) is 19.9 Å². The molecule has 1 aromatic rings. The van der Waals surface area contributed by atoms with Crippen LogP contribution in [0.3, 0.4) is 0 Å². The standard InChI is InChI=1S/C14H18N4O3/c1-4-5-16-6-7-17-11(8-16)13(19)18(14(17)20)12-9(2)15-21-10(12)3/h4,11H,1,5-8H2,2-3H3. The Morgan fingerprint density at radius 2 is 2.14 bits per heavy atom. The van der Waals surface area contributed by atoms with Crippen molar-refractivity contribution in [2.24, 2.45) is 0 Å². The van der Waals surface area contributed by atoms with Gasteiger partial charge in [0, 0.05) is 26.2 Å². The number of rotatable bonds is 3. The van der Waals surface area contributed by atoms with Crippen molar-refractivity contribution in [2.75, 3.05) is 31.1 Å². The lowest BCUT2D eigenvalue weighted by atomic mass is 10.2. The second-order valence-electron chi connectivity index (χ2n) is 5.39. The van der Waals surface area contributed by atoms with Gasteiger partial charge in [-0.15, -0.1) is 6.58 Å². The van der Waals surface area contributed by atoms with Gasteiger partial charge in [-0.3, -0.25) is 9.69 Å². The van der Waals surface area contributed by atoms with Gasteiger partial charge in [-0.05, 0) is 13.8 Å². The molecule has 0 N–H and O–H groups in total. The molecule has 3 amide bonds. The number of imide groups is 1. The summed E-state index contributed by atoms with van der Waals surface area (Å²) in [5, 5.41) is 3.83. The fourth-order valence-electron chi connectivity index (χ4n) is 3.00. The zero-order valence-corrected chi connectivity index (χ0v) is 12.2. The number of aryl methyl sites for hydroxylation is 2. The molecule has 7 nitrogen and oxygen atoms in total. The largest absolute Gasteiger partial charge is 0.359 e. The fourth-order valence-corrected chi connectivity index (χ4v) is 3.00. The summed E-state index contributed by atoms with van der Waals surface area (Å²) in [5.41, 5.74) is 1.03. The molecule has 21 heavy (non-hydrogen) atoms. The Balaban J connectivity index is 1.91. The van der Waals surface area contributed by atoms with Crippen molar-refractivity contribution in [1.82, 2.24) is 15.0 Å². The molecule has 2 aliphatic heterocycles. The Hall–Kier alpha value is -2.15. The predicted octanol–water partition coefficient (Wildman–Crippen LogP) is 0.930. The average molecular weight is 290 g/mol. The number of amides is 3. The first-order valence-electron chi connectivity index (χ1n) is 6.95. The number of carbonyl (C=O) groups excluding carboxylic acids is 2. The molecule has 112 valence electrons. The number of carbonyl (C=O) groups is 2. The summed E-state index contributed by atoms with van der Waals surface area (Å²) in [6.45, 7) is 9.70. The minimum Gasteiger partial charge on any atom is -0.359 e. The minimum absolute atomic E-state index is 0.205. The van der Waals surface area contributed by atoms with E-state index in [2.05, 4.69) is 16.6 Å². The molecule has 0 radical (unpaired) electrons. The Morgan fingerprint density at radius 1 is 1.38 bits per heavy atom. The van der Waals surface area contributed by atoms with E-state index in [0.717, 1.165) is 13.1 Å². The van der Waals surface area contributed by atoms with Gasteiger partial charge in [0.05, 0.1) is 0 Å². The Morgan fingerprint density at radius 3 is 2.76 bits per heavy atom. The van der Waals surface area contributed by atoms with Gasteiger partial charge in [-0.25, -0.2) is 9.69 Å². The lowest BCUT2D eigenvalue weighted by molar-refractivity contribution is -0.121. The van der Waals surface area contributed by atoms with Crippen LogP contribution in [-0.4, -0.2) is 59.1 Å². The lowest BCUT2D eigenvalue weighted by Crippen LogP contribution is -2.52. The highest BCUT2D eigenvalue weighted by atomic mass is 16.5. The summed E-state index contributed by atoms with van der Waals surface area (Å²) in [5.74, 6) is 0.278. The summed E-state index contributed by atoms with van der Waals surface area (Å²) in [6.07, 6.45) is 1.81. The number of fused-ring (bicyclic) bond motifs is 1. The molecule has 2 aliphatic rings. The van der Waals surface area contributed by atoms with E-state index in [-0.39, 0.29) is 11.9 Å². The van der Waals surface area contributed by atoms with Crippen LogP contribution in [0.2, 0.25) is 0 Å². The predicted molar refractivity (Wildman–Crippen MR) is 76.0 cm³/mol. The van der Waals surface area contributed by atoms with Crippen LogP contribution < -0.4 is 4.90 Å². The first kappa shape index (κ1) is 13.8. The van der Waals surface area contributed by atoms with Crippen LogP contribution in [0, 0.1) is 13.8 Å². The van der Waals surface area contributed by atoms with Gasteiger partial charge >= 0.3 is 6.03 Å². The number of anilines is 1. The Bertz CT molecular complexity index is 590. The zero-order chi connectivity index (χ0) is 15.1. The number of nitrogens with zero attached hydrogens (tertiary/aromatic N) is 4. The minimum atomic E-state index is -0.431. The van der Waals surface area contributed by atoms with E-state index < -0.39 is 6.04 Å². The van der Waals surface area contributed by atoms with Crippen molar-refractivity contribution in [3.8, 4) is 0 Å². The Kier molecular flexibility index (Phi) is 3.29. The fraction of sp³-hybridized carbons (Fsp3) is 0.500. The third-order valence-electron chi connectivity index (χ3n) is 4.01. The third-order valence-corrected chi connectivity index (χ3v) is 4.01. The van der Waals surface area contributed by atoms with Crippen LogP contribution in [0.5, 0.6) is 0 Å². The van der Waals surface area contributed by atoms with Crippen molar-refractivity contribution < 1.29 is 14.1 Å². The van der Waals surface area contributed by atoms with Crippen LogP contribution in [0.25, 0.3) is 0 Å². The normalized spacial score (nSPS) is 22.9. The molecule has 0 aromatic carbocycles. The molecule has 1 unspecified atom stereocenters. The molecule has 2 saturated heterocycles. The second-order valence-corrected chi connectivity index (χ2v) is 5.39. The van der Waals surface area contributed by atoms with E-state index in [1.165, 1.54) is 4.90 Å². The smallest absolute Gasteiger partial charge is 0.332 e. The van der Waals surface area contributed by atoms with Crippen molar-refractivity contribution >= 4 is 17.6 Å². The van der Waals surface area contributed by atoms with Crippen molar-refractivity contribution in [3.63, 3.8) is 0 Å². The maximum absolute atomic E-state index is 12.6. The number of hydrogen-bond donors (Lipinski definition) is 0. The maximum Gasteiger partial charge on any atom is 0.332 e. The third kappa shape index (κ3) is 2.04. The first-order valence-corrected chi connectivity index (χ1v) is 6.95. The van der Waals surface area contributed by atoms with Crippen LogP contribution in [0.15, 0.2) is 17.2 Å². The molecule has 2 fully saturated rings. The zero-order valence-electron chi connectivity index (χ0n) is 12.2. The molecule has 0 aliphatic carbocycles. The summed E-state index contributed by atoms with van der Waals surface area (Å²) >= 11 is 0. The molecular formula is C14H18N4O3. The van der Waals surface area contributed by atoms with Gasteiger partial charge in [0.2, 0.25) is 0 Å². The highest BCUT2D eigenvalue weighted by Crippen LogP contribution is 2.31. The molecule has 0 saturated carbocycles. The molecule has 0 spiro atoms. The highest BCUT2D eigenvalue weighted by Gasteiger charge is 2.49. The van der Waals surface area contributed by atoms with Gasteiger partial charge in [0.25, 0.3) is 5.91 Å². The number of hydrogen-bond acceptors (Lipinski definition) is 5. The van der Waals surface area contributed by atoms with E-state index in [1.54, 1.807) is 18.7 Å². The molecular weight excluding hydrogens is 272 g/mol. The van der Waals surface area contributed by atoms with E-state index in [9.17, 15) is 9.59 Å². The van der Waals surface area contributed by atoms with Crippen LogP contribution >= 0.6 is 0 Å². The van der Waals surface area contributed by atoms with Gasteiger partial charge in [-0.1, -0.05) is 11.2 Å². The van der Waals surface area contributed by atoms with Crippen molar-refractivity contribution in [3.05, 3.63) is 24.1 Å². The van der Waals surface area contributed by atoms with Crippen LogP contribution in [-0.2, 0) is 4.79 Å².